The number of hydrogen-bond donors (Lipinski definition) is 2. The van der Waals surface area contributed by atoms with Crippen LogP contribution in [0.5, 0.6) is 0 Å². The Bertz CT molecular complexity index is 544. The second-order valence-corrected chi connectivity index (χ2v) is 4.65. The Balaban J connectivity index is 2.23. The van der Waals surface area contributed by atoms with Crippen LogP contribution in [0.3, 0.4) is 0 Å². The molecule has 0 saturated carbocycles. The molecular formula is C10H13N5O2S. The van der Waals surface area contributed by atoms with E-state index in [4.69, 9.17) is 10.6 Å². The molecule has 8 heteroatoms. The minimum absolute atomic E-state index is 0.245. The van der Waals surface area contributed by atoms with Gasteiger partial charge in [0.1, 0.15) is 5.25 Å². The first kappa shape index (κ1) is 12.8. The first-order valence-corrected chi connectivity index (χ1v) is 6.10. The van der Waals surface area contributed by atoms with Gasteiger partial charge in [0, 0.05) is 13.3 Å². The Hall–Kier alpha value is -1.64. The zero-order valence-electron chi connectivity index (χ0n) is 9.74. The Kier molecular flexibility index (Phi) is 4.13. The summed E-state index contributed by atoms with van der Waals surface area (Å²) in [6.45, 7) is 0.245. The molecule has 1 atom stereocenters. The van der Waals surface area contributed by atoms with Gasteiger partial charge in [0.2, 0.25) is 5.91 Å². The number of carbonyl (C=O) groups is 1. The van der Waals surface area contributed by atoms with Crippen molar-refractivity contribution in [3.63, 3.8) is 0 Å². The van der Waals surface area contributed by atoms with Crippen LogP contribution in [0, 0.1) is 0 Å². The molecule has 0 aliphatic heterocycles. The molecule has 7 nitrogen and oxygen atoms in total. The third kappa shape index (κ3) is 2.61. The number of amides is 1. The minimum atomic E-state index is -0.465. The molecule has 0 aromatic carbocycles. The number of ether oxygens (including phenoxy) is 1. The Labute approximate surface area is 108 Å². The largest absolute Gasteiger partial charge is 0.383 e. The van der Waals surface area contributed by atoms with Crippen LogP contribution in [-0.2, 0) is 9.53 Å². The van der Waals surface area contributed by atoms with Crippen LogP contribution in [0.25, 0.3) is 5.65 Å². The van der Waals surface area contributed by atoms with E-state index in [9.17, 15) is 4.79 Å². The Morgan fingerprint density at radius 2 is 2.44 bits per heavy atom. The molecule has 96 valence electrons. The van der Waals surface area contributed by atoms with Crippen molar-refractivity contribution in [1.82, 2.24) is 20.0 Å². The number of thioether (sulfide) groups is 1. The highest BCUT2D eigenvalue weighted by atomic mass is 32.2. The van der Waals surface area contributed by atoms with Gasteiger partial charge < -0.3 is 4.74 Å². The highest BCUT2D eigenvalue weighted by molar-refractivity contribution is 8.00. The SMILES string of the molecule is COCC(Sc1nnc2ccccn12)C(=O)NN. The maximum absolute atomic E-state index is 11.6. The first-order chi connectivity index (χ1) is 8.76. The van der Waals surface area contributed by atoms with E-state index in [1.54, 1.807) is 4.40 Å². The van der Waals surface area contributed by atoms with Gasteiger partial charge in [0.15, 0.2) is 10.8 Å². The monoisotopic (exact) mass is 267 g/mol. The van der Waals surface area contributed by atoms with Crippen LogP contribution in [0.2, 0.25) is 0 Å². The molecule has 0 fully saturated rings. The highest BCUT2D eigenvalue weighted by Crippen LogP contribution is 2.22. The fourth-order valence-corrected chi connectivity index (χ4v) is 2.42. The maximum Gasteiger partial charge on any atom is 0.249 e. The van der Waals surface area contributed by atoms with Crippen LogP contribution in [0.1, 0.15) is 0 Å². The molecule has 2 aromatic rings. The second kappa shape index (κ2) is 5.80. The van der Waals surface area contributed by atoms with E-state index in [-0.39, 0.29) is 12.5 Å². The van der Waals surface area contributed by atoms with Crippen LogP contribution in [0.15, 0.2) is 29.6 Å². The number of hydrazine groups is 1. The number of fused-ring (bicyclic) bond motifs is 1. The summed E-state index contributed by atoms with van der Waals surface area (Å²) in [6, 6.07) is 5.58. The number of carbonyl (C=O) groups excluding carboxylic acids is 1. The molecule has 0 aliphatic carbocycles. The summed E-state index contributed by atoms with van der Waals surface area (Å²) in [7, 11) is 1.53. The number of rotatable bonds is 5. The Morgan fingerprint density at radius 1 is 1.61 bits per heavy atom. The van der Waals surface area contributed by atoms with E-state index >= 15 is 0 Å². The molecule has 0 spiro atoms. The van der Waals surface area contributed by atoms with Gasteiger partial charge in [-0.05, 0) is 12.1 Å². The summed E-state index contributed by atoms with van der Waals surface area (Å²) >= 11 is 1.25. The van der Waals surface area contributed by atoms with Crippen molar-refractivity contribution in [1.29, 1.82) is 0 Å². The normalized spacial score (nSPS) is 12.6. The molecule has 2 heterocycles. The van der Waals surface area contributed by atoms with E-state index in [0.717, 1.165) is 5.65 Å². The van der Waals surface area contributed by atoms with Crippen LogP contribution >= 0.6 is 11.8 Å². The summed E-state index contributed by atoms with van der Waals surface area (Å²) < 4.78 is 6.80. The lowest BCUT2D eigenvalue weighted by atomic mass is 10.4. The number of pyridine rings is 1. The second-order valence-electron chi connectivity index (χ2n) is 3.48. The number of nitrogens with two attached hydrogens (primary N) is 1. The molecule has 18 heavy (non-hydrogen) atoms. The third-order valence-electron chi connectivity index (χ3n) is 2.28. The van der Waals surface area contributed by atoms with E-state index < -0.39 is 5.25 Å². The van der Waals surface area contributed by atoms with Gasteiger partial charge in [-0.1, -0.05) is 17.8 Å². The van der Waals surface area contributed by atoms with Crippen molar-refractivity contribution in [2.24, 2.45) is 5.84 Å². The van der Waals surface area contributed by atoms with Crippen molar-refractivity contribution in [2.75, 3.05) is 13.7 Å². The standard InChI is InChI=1S/C10H13N5O2S/c1-17-6-7(9(16)12-11)18-10-14-13-8-4-2-3-5-15(8)10/h2-5,7H,6,11H2,1H3,(H,12,16). The molecule has 1 amide bonds. The van der Waals surface area contributed by atoms with E-state index in [2.05, 4.69) is 15.6 Å². The number of aromatic nitrogens is 3. The van der Waals surface area contributed by atoms with E-state index in [1.165, 1.54) is 18.9 Å². The average molecular weight is 267 g/mol. The van der Waals surface area contributed by atoms with Gasteiger partial charge >= 0.3 is 0 Å². The van der Waals surface area contributed by atoms with Gasteiger partial charge in [0.25, 0.3) is 0 Å². The lowest BCUT2D eigenvalue weighted by Gasteiger charge is -2.12. The van der Waals surface area contributed by atoms with E-state index in [0.29, 0.717) is 5.16 Å². The molecule has 0 saturated heterocycles. The van der Waals surface area contributed by atoms with Crippen LogP contribution in [-0.4, -0.2) is 39.5 Å². The van der Waals surface area contributed by atoms with Gasteiger partial charge in [-0.3, -0.25) is 14.6 Å². The van der Waals surface area contributed by atoms with Gasteiger partial charge in [-0.2, -0.15) is 0 Å². The number of nitrogens with one attached hydrogen (secondary N) is 1. The summed E-state index contributed by atoms with van der Waals surface area (Å²) in [5, 5.41) is 8.20. The minimum Gasteiger partial charge on any atom is -0.383 e. The van der Waals surface area contributed by atoms with Gasteiger partial charge in [-0.15, -0.1) is 10.2 Å². The van der Waals surface area contributed by atoms with Gasteiger partial charge in [0.05, 0.1) is 6.61 Å². The molecule has 3 N–H and O–H groups in total. The fourth-order valence-electron chi connectivity index (χ4n) is 1.43. The summed E-state index contributed by atoms with van der Waals surface area (Å²) in [6.07, 6.45) is 1.84. The lowest BCUT2D eigenvalue weighted by molar-refractivity contribution is -0.121. The smallest absolute Gasteiger partial charge is 0.249 e. The third-order valence-corrected chi connectivity index (χ3v) is 3.41. The molecule has 2 aromatic heterocycles. The number of hydrogen-bond acceptors (Lipinski definition) is 6. The van der Waals surface area contributed by atoms with Crippen molar-refractivity contribution >= 4 is 23.3 Å². The molecule has 0 aliphatic rings. The molecule has 0 radical (unpaired) electrons. The topological polar surface area (TPSA) is 94.5 Å². The predicted molar refractivity (Wildman–Crippen MR) is 66.8 cm³/mol. The fraction of sp³-hybridized carbons (Fsp3) is 0.300. The van der Waals surface area contributed by atoms with Crippen LogP contribution in [0.4, 0.5) is 0 Å². The lowest BCUT2D eigenvalue weighted by Crippen LogP contribution is -2.39. The van der Waals surface area contributed by atoms with Crippen molar-refractivity contribution in [2.45, 2.75) is 10.4 Å². The van der Waals surface area contributed by atoms with E-state index in [1.807, 2.05) is 24.4 Å². The zero-order valence-corrected chi connectivity index (χ0v) is 10.6. The maximum atomic E-state index is 11.6. The van der Waals surface area contributed by atoms with Crippen LogP contribution < -0.4 is 11.3 Å². The summed E-state index contributed by atoms with van der Waals surface area (Å²) in [4.78, 5) is 11.6. The molecule has 2 rings (SSSR count). The first-order valence-electron chi connectivity index (χ1n) is 5.22. The quantitative estimate of drug-likeness (QED) is 0.338. The number of nitrogens with zero attached hydrogens (tertiary/aromatic N) is 3. The summed E-state index contributed by atoms with van der Waals surface area (Å²) in [5.41, 5.74) is 2.84. The molecule has 1 unspecified atom stereocenters. The highest BCUT2D eigenvalue weighted by Gasteiger charge is 2.21. The Morgan fingerprint density at radius 3 is 3.17 bits per heavy atom. The molecular weight excluding hydrogens is 254 g/mol. The number of methoxy groups -OCH3 is 1. The summed E-state index contributed by atoms with van der Waals surface area (Å²) in [5.74, 6) is 4.82. The van der Waals surface area contributed by atoms with Gasteiger partial charge in [-0.25, -0.2) is 5.84 Å². The van der Waals surface area contributed by atoms with Crippen molar-refractivity contribution < 1.29 is 9.53 Å². The molecule has 0 bridgehead atoms. The predicted octanol–water partition coefficient (Wildman–Crippen LogP) is -0.174. The average Bonchev–Trinajstić information content (AvgIpc) is 2.81. The zero-order chi connectivity index (χ0) is 13.0. The van der Waals surface area contributed by atoms with Crippen molar-refractivity contribution in [3.05, 3.63) is 24.4 Å². The van der Waals surface area contributed by atoms with Crippen molar-refractivity contribution in [3.8, 4) is 0 Å².